The fourth-order valence-corrected chi connectivity index (χ4v) is 3.02. The highest BCUT2D eigenvalue weighted by Gasteiger charge is 2.35. The van der Waals surface area contributed by atoms with Crippen molar-refractivity contribution >= 4 is 5.90 Å². The number of aromatic nitrogens is 1. The summed E-state index contributed by atoms with van der Waals surface area (Å²) in [7, 11) is 0. The molecule has 1 aliphatic heterocycles. The van der Waals surface area contributed by atoms with Crippen LogP contribution in [0.3, 0.4) is 0 Å². The number of hydrogen-bond donors (Lipinski definition) is 0. The Balaban J connectivity index is 1.70. The Bertz CT molecular complexity index is 939. The monoisotopic (exact) mass is 368 g/mol. The Labute approximate surface area is 154 Å². The second-order valence-electron chi connectivity index (χ2n) is 6.17. The lowest BCUT2D eigenvalue weighted by Crippen LogP contribution is -2.11. The summed E-state index contributed by atoms with van der Waals surface area (Å²) in [5.41, 5.74) is 1.39. The van der Waals surface area contributed by atoms with Crippen molar-refractivity contribution in [1.29, 1.82) is 0 Å². The first kappa shape index (κ1) is 17.3. The molecule has 0 spiro atoms. The summed E-state index contributed by atoms with van der Waals surface area (Å²) in [4.78, 5) is 8.54. The second-order valence-corrected chi connectivity index (χ2v) is 6.17. The number of halogens is 3. The molecule has 0 fully saturated rings. The van der Waals surface area contributed by atoms with E-state index in [4.69, 9.17) is 4.74 Å². The molecule has 2 aromatic carbocycles. The highest BCUT2D eigenvalue weighted by molar-refractivity contribution is 5.93. The summed E-state index contributed by atoms with van der Waals surface area (Å²) in [5, 5.41) is 0. The normalized spacial score (nSPS) is 19.4. The lowest BCUT2D eigenvalue weighted by atomic mass is 9.97. The molecule has 0 aliphatic carbocycles. The fourth-order valence-electron chi connectivity index (χ4n) is 3.02. The van der Waals surface area contributed by atoms with Gasteiger partial charge in [-0.1, -0.05) is 60.7 Å². The van der Waals surface area contributed by atoms with E-state index in [1.54, 1.807) is 0 Å². The van der Waals surface area contributed by atoms with Gasteiger partial charge < -0.3 is 4.74 Å². The molecule has 0 amide bonds. The molecule has 1 aliphatic rings. The van der Waals surface area contributed by atoms with E-state index < -0.39 is 11.7 Å². The van der Waals surface area contributed by atoms with Crippen molar-refractivity contribution in [3.8, 4) is 0 Å². The molecule has 136 valence electrons. The van der Waals surface area contributed by atoms with Crippen molar-refractivity contribution < 1.29 is 17.9 Å². The maximum Gasteiger partial charge on any atom is 0.417 e. The number of hydrogen-bond acceptors (Lipinski definition) is 3. The zero-order valence-corrected chi connectivity index (χ0v) is 14.1. The van der Waals surface area contributed by atoms with Crippen LogP contribution in [0.4, 0.5) is 13.2 Å². The molecular weight excluding hydrogens is 353 g/mol. The third-order valence-corrected chi connectivity index (χ3v) is 4.36. The summed E-state index contributed by atoms with van der Waals surface area (Å²) >= 11 is 0. The Hall–Kier alpha value is -3.15. The van der Waals surface area contributed by atoms with E-state index in [1.807, 2.05) is 60.7 Å². The number of benzene rings is 2. The van der Waals surface area contributed by atoms with Crippen LogP contribution in [0.15, 0.2) is 84.0 Å². The van der Waals surface area contributed by atoms with Crippen LogP contribution in [0.2, 0.25) is 0 Å². The second kappa shape index (κ2) is 6.87. The minimum Gasteiger partial charge on any atom is -0.465 e. The Kier molecular flexibility index (Phi) is 4.39. The van der Waals surface area contributed by atoms with Gasteiger partial charge in [-0.3, -0.25) is 4.98 Å². The summed E-state index contributed by atoms with van der Waals surface area (Å²) < 4.78 is 44.3. The maximum atomic E-state index is 12.8. The van der Waals surface area contributed by atoms with E-state index in [0.717, 1.165) is 23.4 Å². The molecular formula is C21H15F3N2O. The predicted octanol–water partition coefficient (Wildman–Crippen LogP) is 5.36. The molecule has 4 rings (SSSR count). The Morgan fingerprint density at radius 1 is 0.778 bits per heavy atom. The molecule has 3 aromatic rings. The first-order chi connectivity index (χ1) is 13.0. The van der Waals surface area contributed by atoms with Gasteiger partial charge in [-0.25, -0.2) is 4.99 Å². The van der Waals surface area contributed by atoms with Crippen molar-refractivity contribution in [2.24, 2.45) is 4.99 Å². The lowest BCUT2D eigenvalue weighted by Gasteiger charge is -2.18. The quantitative estimate of drug-likeness (QED) is 0.624. The summed E-state index contributed by atoms with van der Waals surface area (Å²) in [6.07, 6.45) is -4.00. The van der Waals surface area contributed by atoms with Gasteiger partial charge in [0.1, 0.15) is 11.7 Å². The van der Waals surface area contributed by atoms with Crippen LogP contribution in [0.25, 0.3) is 0 Å². The van der Waals surface area contributed by atoms with Gasteiger partial charge in [-0.05, 0) is 23.3 Å². The number of alkyl halides is 3. The molecule has 2 heterocycles. The van der Waals surface area contributed by atoms with Gasteiger partial charge in [0, 0.05) is 6.20 Å². The lowest BCUT2D eigenvalue weighted by molar-refractivity contribution is -0.137. The minimum absolute atomic E-state index is 0.242. The van der Waals surface area contributed by atoms with E-state index in [1.165, 1.54) is 6.07 Å². The van der Waals surface area contributed by atoms with Crippen molar-refractivity contribution in [3.05, 3.63) is 101 Å². The third kappa shape index (κ3) is 3.56. The molecule has 0 unspecified atom stereocenters. The molecule has 0 bridgehead atoms. The zero-order valence-electron chi connectivity index (χ0n) is 14.1. The topological polar surface area (TPSA) is 34.5 Å². The first-order valence-electron chi connectivity index (χ1n) is 8.40. The summed E-state index contributed by atoms with van der Waals surface area (Å²) in [6, 6.07) is 21.3. The molecule has 1 aromatic heterocycles. The molecule has 0 radical (unpaired) electrons. The van der Waals surface area contributed by atoms with E-state index in [9.17, 15) is 13.2 Å². The molecule has 0 saturated heterocycles. The number of ether oxygens (including phenoxy) is 1. The van der Waals surface area contributed by atoms with E-state index >= 15 is 0 Å². The molecule has 3 nitrogen and oxygen atoms in total. The molecule has 0 N–H and O–H groups in total. The third-order valence-electron chi connectivity index (χ3n) is 4.36. The maximum absolute atomic E-state index is 12.8. The van der Waals surface area contributed by atoms with Crippen LogP contribution in [0.1, 0.15) is 34.5 Å². The van der Waals surface area contributed by atoms with Gasteiger partial charge in [-0.2, -0.15) is 13.2 Å². The van der Waals surface area contributed by atoms with Crippen LogP contribution in [0, 0.1) is 0 Å². The van der Waals surface area contributed by atoms with Gasteiger partial charge in [0.15, 0.2) is 6.10 Å². The molecule has 27 heavy (non-hydrogen) atoms. The van der Waals surface area contributed by atoms with Gasteiger partial charge >= 0.3 is 6.18 Å². The summed E-state index contributed by atoms with van der Waals surface area (Å²) in [5.74, 6) is 0.242. The van der Waals surface area contributed by atoms with Gasteiger partial charge in [0.05, 0.1) is 5.56 Å². The standard InChI is InChI=1S/C21H15F3N2O/c22-21(23,24)16-11-12-17(25-13-16)20-26-18(14-7-3-1-4-8-14)19(27-20)15-9-5-2-6-10-15/h1-13,18-19H/t18-,19-/m1/s1. The van der Waals surface area contributed by atoms with Gasteiger partial charge in [-0.15, -0.1) is 0 Å². The average molecular weight is 368 g/mol. The van der Waals surface area contributed by atoms with Crippen molar-refractivity contribution in [2.75, 3.05) is 0 Å². The number of nitrogens with zero attached hydrogens (tertiary/aromatic N) is 2. The van der Waals surface area contributed by atoms with Crippen molar-refractivity contribution in [3.63, 3.8) is 0 Å². The SMILES string of the molecule is FC(F)(F)c1ccc(C2=N[C@H](c3ccccc3)[C@@H](c3ccccc3)O2)nc1. The highest BCUT2D eigenvalue weighted by Crippen LogP contribution is 2.41. The number of pyridine rings is 1. The Morgan fingerprint density at radius 3 is 1.96 bits per heavy atom. The van der Waals surface area contributed by atoms with Crippen LogP contribution >= 0.6 is 0 Å². The van der Waals surface area contributed by atoms with Gasteiger partial charge in [0.25, 0.3) is 0 Å². The van der Waals surface area contributed by atoms with Crippen LogP contribution < -0.4 is 0 Å². The molecule has 2 atom stereocenters. The Morgan fingerprint density at radius 2 is 1.41 bits per heavy atom. The van der Waals surface area contributed by atoms with Crippen molar-refractivity contribution in [2.45, 2.75) is 18.3 Å². The van der Waals surface area contributed by atoms with Crippen LogP contribution in [0.5, 0.6) is 0 Å². The molecule has 6 heteroatoms. The predicted molar refractivity (Wildman–Crippen MR) is 95.2 cm³/mol. The van der Waals surface area contributed by atoms with Gasteiger partial charge in [0.2, 0.25) is 5.90 Å². The van der Waals surface area contributed by atoms with E-state index in [2.05, 4.69) is 9.98 Å². The van der Waals surface area contributed by atoms with Crippen molar-refractivity contribution in [1.82, 2.24) is 4.98 Å². The minimum atomic E-state index is -4.43. The zero-order chi connectivity index (χ0) is 18.9. The van der Waals surface area contributed by atoms with Crippen LogP contribution in [-0.4, -0.2) is 10.9 Å². The average Bonchev–Trinajstić information content (AvgIpc) is 3.14. The largest absolute Gasteiger partial charge is 0.465 e. The number of aliphatic imine (C=N–C) groups is 1. The smallest absolute Gasteiger partial charge is 0.417 e. The summed E-state index contributed by atoms with van der Waals surface area (Å²) in [6.45, 7) is 0. The van der Waals surface area contributed by atoms with E-state index in [0.29, 0.717) is 0 Å². The van der Waals surface area contributed by atoms with E-state index in [-0.39, 0.29) is 23.7 Å². The first-order valence-corrected chi connectivity index (χ1v) is 8.40. The fraction of sp³-hybridized carbons (Fsp3) is 0.143. The highest BCUT2D eigenvalue weighted by atomic mass is 19.4. The van der Waals surface area contributed by atoms with Crippen LogP contribution in [-0.2, 0) is 10.9 Å². The number of rotatable bonds is 3. The molecule has 0 saturated carbocycles.